The van der Waals surface area contributed by atoms with Gasteiger partial charge in [-0.2, -0.15) is 0 Å². The lowest BCUT2D eigenvalue weighted by molar-refractivity contribution is 0.224. The van der Waals surface area contributed by atoms with E-state index in [0.29, 0.717) is 6.04 Å². The molecule has 0 aromatic rings. The monoisotopic (exact) mass is 233 g/mol. The molecule has 96 valence electrons. The number of fused-ring (bicyclic) bond motifs is 5. The largest absolute Gasteiger partial charge is 0.327 e. The van der Waals surface area contributed by atoms with E-state index in [-0.39, 0.29) is 0 Å². The Balaban J connectivity index is 1.41. The molecule has 17 heavy (non-hydrogen) atoms. The summed E-state index contributed by atoms with van der Waals surface area (Å²) in [7, 11) is 0. The first kappa shape index (κ1) is 10.8. The predicted molar refractivity (Wildman–Crippen MR) is 70.4 cm³/mol. The molecule has 5 unspecified atom stereocenters. The fourth-order valence-corrected chi connectivity index (χ4v) is 5.89. The second-order valence-electron chi connectivity index (χ2n) is 7.66. The standard InChI is InChI=1S/C16H27N/c1-9-2-4-10(5-3-9)16(17)15-13-11-6-7-12(8-11)14(13)15/h9-16H,2-8,17H2,1H3. The minimum absolute atomic E-state index is 0.570. The normalized spacial score (nSPS) is 57.9. The van der Waals surface area contributed by atoms with Crippen LogP contribution < -0.4 is 5.73 Å². The summed E-state index contributed by atoms with van der Waals surface area (Å²) >= 11 is 0. The fraction of sp³-hybridized carbons (Fsp3) is 1.00. The van der Waals surface area contributed by atoms with E-state index in [1.807, 2.05) is 0 Å². The van der Waals surface area contributed by atoms with Crippen LogP contribution >= 0.6 is 0 Å². The molecule has 4 aliphatic rings. The first-order valence-corrected chi connectivity index (χ1v) is 8.01. The minimum atomic E-state index is 0.570. The molecule has 2 N–H and O–H groups in total. The van der Waals surface area contributed by atoms with Gasteiger partial charge in [-0.25, -0.2) is 0 Å². The molecule has 2 bridgehead atoms. The lowest BCUT2D eigenvalue weighted by atomic mass is 9.77. The number of nitrogens with two attached hydrogens (primary N) is 1. The van der Waals surface area contributed by atoms with Crippen LogP contribution in [0.4, 0.5) is 0 Å². The maximum absolute atomic E-state index is 6.64. The third-order valence-corrected chi connectivity index (χ3v) is 6.84. The Kier molecular flexibility index (Phi) is 2.38. The van der Waals surface area contributed by atoms with Crippen molar-refractivity contribution in [2.75, 3.05) is 0 Å². The van der Waals surface area contributed by atoms with Gasteiger partial charge in [-0.15, -0.1) is 0 Å². The molecule has 0 aliphatic heterocycles. The van der Waals surface area contributed by atoms with Crippen molar-refractivity contribution in [2.45, 2.75) is 57.9 Å². The van der Waals surface area contributed by atoms with Gasteiger partial charge in [0.05, 0.1) is 0 Å². The smallest absolute Gasteiger partial charge is 0.0101 e. The third kappa shape index (κ3) is 1.54. The number of hydrogen-bond acceptors (Lipinski definition) is 1. The number of rotatable bonds is 2. The maximum Gasteiger partial charge on any atom is 0.0101 e. The second kappa shape index (κ2) is 3.73. The Bertz CT molecular complexity index is 289. The Morgan fingerprint density at radius 3 is 2.06 bits per heavy atom. The summed E-state index contributed by atoms with van der Waals surface area (Å²) in [6.45, 7) is 2.41. The molecule has 4 fully saturated rings. The van der Waals surface area contributed by atoms with Gasteiger partial charge >= 0.3 is 0 Å². The van der Waals surface area contributed by atoms with E-state index in [4.69, 9.17) is 5.73 Å². The van der Waals surface area contributed by atoms with Crippen LogP contribution in [-0.4, -0.2) is 6.04 Å². The van der Waals surface area contributed by atoms with Crippen LogP contribution in [0.15, 0.2) is 0 Å². The summed E-state index contributed by atoms with van der Waals surface area (Å²) in [4.78, 5) is 0. The highest BCUT2D eigenvalue weighted by atomic mass is 14.8. The van der Waals surface area contributed by atoms with Gasteiger partial charge < -0.3 is 5.73 Å². The molecular weight excluding hydrogens is 206 g/mol. The summed E-state index contributed by atoms with van der Waals surface area (Å²) in [5.74, 6) is 7.17. The van der Waals surface area contributed by atoms with Crippen molar-refractivity contribution in [1.29, 1.82) is 0 Å². The molecule has 0 aromatic heterocycles. The van der Waals surface area contributed by atoms with Crippen molar-refractivity contribution < 1.29 is 0 Å². The van der Waals surface area contributed by atoms with Gasteiger partial charge in [0, 0.05) is 6.04 Å². The Hall–Kier alpha value is -0.0400. The summed E-state index contributed by atoms with van der Waals surface area (Å²) in [6.07, 6.45) is 10.4. The first-order valence-electron chi connectivity index (χ1n) is 8.01. The van der Waals surface area contributed by atoms with E-state index in [0.717, 1.165) is 41.4 Å². The van der Waals surface area contributed by atoms with Crippen molar-refractivity contribution in [3.8, 4) is 0 Å². The molecule has 4 aliphatic carbocycles. The van der Waals surface area contributed by atoms with Crippen LogP contribution in [0.2, 0.25) is 0 Å². The van der Waals surface area contributed by atoms with Gasteiger partial charge in [-0.1, -0.05) is 19.8 Å². The zero-order chi connectivity index (χ0) is 11.6. The van der Waals surface area contributed by atoms with E-state index < -0.39 is 0 Å². The van der Waals surface area contributed by atoms with Crippen molar-refractivity contribution in [2.24, 2.45) is 47.2 Å². The lowest BCUT2D eigenvalue weighted by Crippen LogP contribution is -2.36. The molecule has 0 heterocycles. The van der Waals surface area contributed by atoms with Gasteiger partial charge in [-0.3, -0.25) is 0 Å². The van der Waals surface area contributed by atoms with Gasteiger partial charge in [0.25, 0.3) is 0 Å². The quantitative estimate of drug-likeness (QED) is 0.777. The number of hydrogen-bond donors (Lipinski definition) is 1. The van der Waals surface area contributed by atoms with Gasteiger partial charge in [0.2, 0.25) is 0 Å². The SMILES string of the molecule is CC1CCC(C(N)C2C3C4CCC(C4)C32)CC1. The lowest BCUT2D eigenvalue weighted by Gasteiger charge is -2.32. The fourth-order valence-electron chi connectivity index (χ4n) is 5.89. The second-order valence-corrected chi connectivity index (χ2v) is 7.66. The zero-order valence-corrected chi connectivity index (χ0v) is 11.1. The third-order valence-electron chi connectivity index (χ3n) is 6.84. The Morgan fingerprint density at radius 1 is 0.882 bits per heavy atom. The van der Waals surface area contributed by atoms with Crippen LogP contribution in [0, 0.1) is 41.4 Å². The summed E-state index contributed by atoms with van der Waals surface area (Å²) in [5.41, 5.74) is 6.64. The first-order chi connectivity index (χ1) is 8.25. The van der Waals surface area contributed by atoms with E-state index in [1.54, 1.807) is 6.42 Å². The molecule has 0 saturated heterocycles. The molecule has 5 atom stereocenters. The van der Waals surface area contributed by atoms with E-state index >= 15 is 0 Å². The predicted octanol–water partition coefficient (Wildman–Crippen LogP) is 3.43. The maximum atomic E-state index is 6.64. The highest BCUT2D eigenvalue weighted by Gasteiger charge is 2.66. The van der Waals surface area contributed by atoms with Gasteiger partial charge in [-0.05, 0) is 73.5 Å². The van der Waals surface area contributed by atoms with Crippen molar-refractivity contribution in [3.05, 3.63) is 0 Å². The van der Waals surface area contributed by atoms with Crippen molar-refractivity contribution >= 4 is 0 Å². The Morgan fingerprint density at radius 2 is 1.47 bits per heavy atom. The topological polar surface area (TPSA) is 26.0 Å². The average molecular weight is 233 g/mol. The zero-order valence-electron chi connectivity index (χ0n) is 11.1. The molecule has 0 aromatic carbocycles. The summed E-state index contributed by atoms with van der Waals surface area (Å²) in [6, 6.07) is 0.570. The highest BCUT2D eigenvalue weighted by Crippen LogP contribution is 2.70. The highest BCUT2D eigenvalue weighted by molar-refractivity contribution is 5.16. The van der Waals surface area contributed by atoms with Crippen molar-refractivity contribution in [1.82, 2.24) is 0 Å². The van der Waals surface area contributed by atoms with Crippen LogP contribution in [0.25, 0.3) is 0 Å². The van der Waals surface area contributed by atoms with E-state index in [9.17, 15) is 0 Å². The van der Waals surface area contributed by atoms with Gasteiger partial charge in [0.1, 0.15) is 0 Å². The molecule has 0 spiro atoms. The molecule has 1 heteroatoms. The molecule has 0 radical (unpaired) electrons. The summed E-state index contributed by atoms with van der Waals surface area (Å²) in [5, 5.41) is 0. The molecular formula is C16H27N. The summed E-state index contributed by atoms with van der Waals surface area (Å²) < 4.78 is 0. The minimum Gasteiger partial charge on any atom is -0.327 e. The van der Waals surface area contributed by atoms with Crippen molar-refractivity contribution in [3.63, 3.8) is 0 Å². The van der Waals surface area contributed by atoms with Crippen LogP contribution in [0.5, 0.6) is 0 Å². The molecule has 4 saturated carbocycles. The van der Waals surface area contributed by atoms with Crippen LogP contribution in [-0.2, 0) is 0 Å². The van der Waals surface area contributed by atoms with Crippen LogP contribution in [0.3, 0.4) is 0 Å². The van der Waals surface area contributed by atoms with E-state index in [1.165, 1.54) is 38.5 Å². The van der Waals surface area contributed by atoms with Gasteiger partial charge in [0.15, 0.2) is 0 Å². The van der Waals surface area contributed by atoms with E-state index in [2.05, 4.69) is 6.92 Å². The average Bonchev–Trinajstić information content (AvgIpc) is 2.77. The molecule has 4 rings (SSSR count). The Labute approximate surface area is 106 Å². The molecule has 0 amide bonds. The molecule has 1 nitrogen and oxygen atoms in total. The van der Waals surface area contributed by atoms with Crippen LogP contribution in [0.1, 0.15) is 51.9 Å².